The summed E-state index contributed by atoms with van der Waals surface area (Å²) in [6, 6.07) is 7.08. The van der Waals surface area contributed by atoms with Gasteiger partial charge in [-0.05, 0) is 43.4 Å². The largest absolute Gasteiger partial charge is 0.396 e. The number of hydrogen-bond donors (Lipinski definition) is 2. The van der Waals surface area contributed by atoms with Crippen molar-refractivity contribution in [2.75, 3.05) is 13.2 Å². The first-order valence-electron chi connectivity index (χ1n) is 5.89. The average molecular weight is 223 g/mol. The molecule has 0 bridgehead atoms. The maximum Gasteiger partial charge on any atom is 0.126 e. The summed E-state index contributed by atoms with van der Waals surface area (Å²) in [5.41, 5.74) is 0.736. The van der Waals surface area contributed by atoms with Gasteiger partial charge in [0.1, 0.15) is 5.82 Å². The SMILES string of the molecule is OCC1CCCNC1Cc1ccccc1F. The molecule has 1 fully saturated rings. The number of rotatable bonds is 3. The molecule has 0 aromatic heterocycles. The Kier molecular flexibility index (Phi) is 3.91. The first kappa shape index (κ1) is 11.6. The molecule has 0 saturated carbocycles. The molecule has 2 atom stereocenters. The second-order valence-electron chi connectivity index (χ2n) is 4.44. The van der Waals surface area contributed by atoms with Crippen molar-refractivity contribution in [3.8, 4) is 0 Å². The van der Waals surface area contributed by atoms with Crippen LogP contribution in [0.3, 0.4) is 0 Å². The number of piperidine rings is 1. The molecule has 16 heavy (non-hydrogen) atoms. The molecule has 1 heterocycles. The van der Waals surface area contributed by atoms with Crippen LogP contribution in [0.1, 0.15) is 18.4 Å². The zero-order valence-corrected chi connectivity index (χ0v) is 9.32. The predicted octanol–water partition coefficient (Wildman–Crippen LogP) is 1.73. The van der Waals surface area contributed by atoms with Crippen LogP contribution in [-0.2, 0) is 6.42 Å². The third kappa shape index (κ3) is 2.60. The van der Waals surface area contributed by atoms with Gasteiger partial charge in [-0.15, -0.1) is 0 Å². The van der Waals surface area contributed by atoms with Gasteiger partial charge in [0.2, 0.25) is 0 Å². The van der Waals surface area contributed by atoms with Crippen LogP contribution in [0.15, 0.2) is 24.3 Å². The van der Waals surface area contributed by atoms with Crippen molar-refractivity contribution in [1.82, 2.24) is 5.32 Å². The second kappa shape index (κ2) is 5.41. The molecule has 0 amide bonds. The molecule has 1 saturated heterocycles. The third-order valence-corrected chi connectivity index (χ3v) is 3.36. The fraction of sp³-hybridized carbons (Fsp3) is 0.538. The summed E-state index contributed by atoms with van der Waals surface area (Å²) in [4.78, 5) is 0. The minimum absolute atomic E-state index is 0.147. The number of aliphatic hydroxyl groups is 1. The van der Waals surface area contributed by atoms with E-state index in [0.717, 1.165) is 24.9 Å². The van der Waals surface area contributed by atoms with Crippen LogP contribution >= 0.6 is 0 Å². The van der Waals surface area contributed by atoms with Gasteiger partial charge in [-0.1, -0.05) is 18.2 Å². The number of nitrogens with one attached hydrogen (secondary N) is 1. The molecule has 2 unspecified atom stereocenters. The van der Waals surface area contributed by atoms with E-state index >= 15 is 0 Å². The molecule has 1 aliphatic rings. The van der Waals surface area contributed by atoms with Crippen molar-refractivity contribution in [2.24, 2.45) is 5.92 Å². The van der Waals surface area contributed by atoms with Crippen molar-refractivity contribution in [2.45, 2.75) is 25.3 Å². The van der Waals surface area contributed by atoms with E-state index in [9.17, 15) is 9.50 Å². The fourth-order valence-electron chi connectivity index (χ4n) is 2.38. The summed E-state index contributed by atoms with van der Waals surface area (Å²) in [5.74, 6) is 0.111. The van der Waals surface area contributed by atoms with Gasteiger partial charge < -0.3 is 10.4 Å². The monoisotopic (exact) mass is 223 g/mol. The minimum Gasteiger partial charge on any atom is -0.396 e. The Bertz CT molecular complexity index is 342. The highest BCUT2D eigenvalue weighted by atomic mass is 19.1. The molecule has 88 valence electrons. The van der Waals surface area contributed by atoms with Crippen LogP contribution in [0.2, 0.25) is 0 Å². The molecule has 1 aliphatic heterocycles. The Morgan fingerprint density at radius 1 is 1.38 bits per heavy atom. The maximum absolute atomic E-state index is 13.5. The van der Waals surface area contributed by atoms with Gasteiger partial charge in [-0.3, -0.25) is 0 Å². The van der Waals surface area contributed by atoms with Gasteiger partial charge in [0.15, 0.2) is 0 Å². The topological polar surface area (TPSA) is 32.3 Å². The van der Waals surface area contributed by atoms with E-state index in [0.29, 0.717) is 6.42 Å². The quantitative estimate of drug-likeness (QED) is 0.818. The van der Waals surface area contributed by atoms with E-state index in [2.05, 4.69) is 5.32 Å². The Morgan fingerprint density at radius 2 is 2.19 bits per heavy atom. The smallest absolute Gasteiger partial charge is 0.126 e. The van der Waals surface area contributed by atoms with Gasteiger partial charge >= 0.3 is 0 Å². The Morgan fingerprint density at radius 3 is 2.94 bits per heavy atom. The van der Waals surface area contributed by atoms with Crippen LogP contribution in [0.25, 0.3) is 0 Å². The number of halogens is 1. The molecule has 2 rings (SSSR count). The van der Waals surface area contributed by atoms with E-state index < -0.39 is 0 Å². The van der Waals surface area contributed by atoms with Crippen LogP contribution in [0.5, 0.6) is 0 Å². The summed E-state index contributed by atoms with van der Waals surface area (Å²) >= 11 is 0. The fourth-order valence-corrected chi connectivity index (χ4v) is 2.38. The van der Waals surface area contributed by atoms with Crippen molar-refractivity contribution in [1.29, 1.82) is 0 Å². The normalized spacial score (nSPS) is 25.6. The van der Waals surface area contributed by atoms with E-state index in [-0.39, 0.29) is 24.4 Å². The molecular formula is C13H18FNO. The summed E-state index contributed by atoms with van der Waals surface area (Å²) in [6.07, 6.45) is 2.79. The zero-order valence-electron chi connectivity index (χ0n) is 9.32. The van der Waals surface area contributed by atoms with Crippen molar-refractivity contribution >= 4 is 0 Å². The van der Waals surface area contributed by atoms with E-state index in [1.807, 2.05) is 12.1 Å². The summed E-state index contributed by atoms with van der Waals surface area (Å²) in [5, 5.41) is 12.6. The molecule has 2 N–H and O–H groups in total. The van der Waals surface area contributed by atoms with Gasteiger partial charge in [0.25, 0.3) is 0 Å². The van der Waals surface area contributed by atoms with Gasteiger partial charge in [-0.25, -0.2) is 4.39 Å². The highest BCUT2D eigenvalue weighted by Crippen LogP contribution is 2.20. The van der Waals surface area contributed by atoms with E-state index in [1.54, 1.807) is 6.07 Å². The molecule has 1 aromatic carbocycles. The molecule has 0 spiro atoms. The lowest BCUT2D eigenvalue weighted by Crippen LogP contribution is -2.44. The average Bonchev–Trinajstić information content (AvgIpc) is 2.33. The van der Waals surface area contributed by atoms with Gasteiger partial charge in [0.05, 0.1) is 0 Å². The van der Waals surface area contributed by atoms with Crippen molar-refractivity contribution in [3.05, 3.63) is 35.6 Å². The molecule has 2 nitrogen and oxygen atoms in total. The maximum atomic E-state index is 13.5. The predicted molar refractivity (Wildman–Crippen MR) is 61.7 cm³/mol. The zero-order chi connectivity index (χ0) is 11.4. The van der Waals surface area contributed by atoms with Crippen LogP contribution < -0.4 is 5.32 Å². The lowest BCUT2D eigenvalue weighted by atomic mass is 9.87. The Labute approximate surface area is 95.5 Å². The highest BCUT2D eigenvalue weighted by Gasteiger charge is 2.24. The third-order valence-electron chi connectivity index (χ3n) is 3.36. The van der Waals surface area contributed by atoms with Crippen LogP contribution in [0.4, 0.5) is 4.39 Å². The Hall–Kier alpha value is -0.930. The first-order chi connectivity index (χ1) is 7.81. The summed E-state index contributed by atoms with van der Waals surface area (Å²) < 4.78 is 13.5. The molecule has 0 radical (unpaired) electrons. The minimum atomic E-state index is -0.147. The summed E-state index contributed by atoms with van der Waals surface area (Å²) in [7, 11) is 0. The van der Waals surface area contributed by atoms with Crippen LogP contribution in [-0.4, -0.2) is 24.3 Å². The molecule has 3 heteroatoms. The van der Waals surface area contributed by atoms with Crippen molar-refractivity contribution < 1.29 is 9.50 Å². The van der Waals surface area contributed by atoms with Gasteiger partial charge in [0, 0.05) is 12.6 Å². The van der Waals surface area contributed by atoms with Crippen LogP contribution in [0, 0.1) is 11.7 Å². The number of hydrogen-bond acceptors (Lipinski definition) is 2. The van der Waals surface area contributed by atoms with E-state index in [4.69, 9.17) is 0 Å². The lowest BCUT2D eigenvalue weighted by molar-refractivity contribution is 0.158. The van der Waals surface area contributed by atoms with E-state index in [1.165, 1.54) is 6.07 Å². The van der Waals surface area contributed by atoms with Gasteiger partial charge in [-0.2, -0.15) is 0 Å². The molecule has 0 aliphatic carbocycles. The first-order valence-corrected chi connectivity index (χ1v) is 5.89. The number of aliphatic hydroxyl groups excluding tert-OH is 1. The van der Waals surface area contributed by atoms with Crippen molar-refractivity contribution in [3.63, 3.8) is 0 Å². The molecule has 1 aromatic rings. The summed E-state index contributed by atoms with van der Waals surface area (Å²) in [6.45, 7) is 1.15. The highest BCUT2D eigenvalue weighted by molar-refractivity contribution is 5.18. The molecular weight excluding hydrogens is 205 g/mol. The number of benzene rings is 1. The lowest BCUT2D eigenvalue weighted by Gasteiger charge is -2.31. The standard InChI is InChI=1S/C13H18FNO/c14-12-6-2-1-4-10(12)8-13-11(9-16)5-3-7-15-13/h1-2,4,6,11,13,15-16H,3,5,7-9H2. The Balaban J connectivity index is 2.05. The second-order valence-corrected chi connectivity index (χ2v) is 4.44.